The van der Waals surface area contributed by atoms with Crippen LogP contribution in [-0.2, 0) is 18.9 Å². The summed E-state index contributed by atoms with van der Waals surface area (Å²) in [5, 5.41) is 10.8. The molecule has 2 heterocycles. The number of aliphatic hydroxyl groups is 1. The van der Waals surface area contributed by atoms with Crippen LogP contribution >= 0.6 is 23.5 Å². The molecule has 0 amide bonds. The zero-order valence-corrected chi connectivity index (χ0v) is 16.5. The predicted octanol–water partition coefficient (Wildman–Crippen LogP) is 2.85. The summed E-state index contributed by atoms with van der Waals surface area (Å²) in [5.41, 5.74) is 0. The van der Waals surface area contributed by atoms with Gasteiger partial charge in [0.1, 0.15) is 24.4 Å². The Bertz CT molecular complexity index is 385. The molecule has 0 saturated carbocycles. The van der Waals surface area contributed by atoms with Crippen molar-refractivity contribution in [2.75, 3.05) is 18.1 Å². The second-order valence-electron chi connectivity index (χ2n) is 6.70. The van der Waals surface area contributed by atoms with Crippen LogP contribution in [0.4, 0.5) is 0 Å². The van der Waals surface area contributed by atoms with Gasteiger partial charge in [-0.1, -0.05) is 13.8 Å². The van der Waals surface area contributed by atoms with Crippen molar-refractivity contribution in [2.45, 2.75) is 82.1 Å². The van der Waals surface area contributed by atoms with Gasteiger partial charge in [-0.05, 0) is 39.2 Å². The molecule has 2 aliphatic rings. The Morgan fingerprint density at radius 2 is 1.52 bits per heavy atom. The van der Waals surface area contributed by atoms with Crippen LogP contribution in [0.15, 0.2) is 0 Å². The van der Waals surface area contributed by atoms with Crippen molar-refractivity contribution >= 4 is 23.5 Å². The van der Waals surface area contributed by atoms with Gasteiger partial charge in [0.05, 0.1) is 11.2 Å². The Morgan fingerprint density at radius 3 is 2.00 bits per heavy atom. The molecule has 0 bridgehead atoms. The summed E-state index contributed by atoms with van der Waals surface area (Å²) >= 11 is 3.67. The van der Waals surface area contributed by atoms with E-state index in [0.29, 0.717) is 6.61 Å². The van der Waals surface area contributed by atoms with Gasteiger partial charge in [0.25, 0.3) is 0 Å². The molecule has 2 saturated heterocycles. The summed E-state index contributed by atoms with van der Waals surface area (Å²) in [5.74, 6) is 0.631. The lowest BCUT2D eigenvalue weighted by molar-refractivity contribution is -0.178. The van der Waals surface area contributed by atoms with E-state index in [1.807, 2.05) is 51.2 Å². The predicted molar refractivity (Wildman–Crippen MR) is 94.8 cm³/mol. The number of rotatable bonds is 7. The van der Waals surface area contributed by atoms with E-state index in [9.17, 15) is 5.11 Å². The molecule has 0 aromatic carbocycles. The van der Waals surface area contributed by atoms with Crippen molar-refractivity contribution in [1.29, 1.82) is 0 Å². The van der Waals surface area contributed by atoms with Gasteiger partial charge in [-0.15, -0.1) is 23.5 Å². The van der Waals surface area contributed by atoms with Gasteiger partial charge in [0.15, 0.2) is 11.6 Å². The van der Waals surface area contributed by atoms with Crippen molar-refractivity contribution in [1.82, 2.24) is 0 Å². The van der Waals surface area contributed by atoms with Gasteiger partial charge in [0.2, 0.25) is 0 Å². The van der Waals surface area contributed by atoms with E-state index in [-0.39, 0.29) is 10.7 Å². The van der Waals surface area contributed by atoms with Gasteiger partial charge in [0, 0.05) is 0 Å². The van der Waals surface area contributed by atoms with Gasteiger partial charge < -0.3 is 24.1 Å². The van der Waals surface area contributed by atoms with E-state index in [4.69, 9.17) is 18.9 Å². The highest BCUT2D eigenvalue weighted by Crippen LogP contribution is 2.41. The number of aliphatic hydroxyl groups excluding tert-OH is 1. The van der Waals surface area contributed by atoms with E-state index < -0.39 is 29.9 Å². The number of ether oxygens (including phenoxy) is 4. The van der Waals surface area contributed by atoms with E-state index in [1.54, 1.807) is 0 Å². The first kappa shape index (κ1) is 19.8. The molecule has 2 fully saturated rings. The van der Waals surface area contributed by atoms with Gasteiger partial charge in [-0.2, -0.15) is 0 Å². The van der Waals surface area contributed by atoms with Crippen LogP contribution in [0.2, 0.25) is 0 Å². The third-order valence-corrected chi connectivity index (χ3v) is 6.52. The zero-order valence-electron chi connectivity index (χ0n) is 14.9. The minimum atomic E-state index is -0.777. The van der Waals surface area contributed by atoms with Gasteiger partial charge in [-0.3, -0.25) is 0 Å². The largest absolute Gasteiger partial charge is 0.387 e. The van der Waals surface area contributed by atoms with Crippen molar-refractivity contribution in [3.05, 3.63) is 0 Å². The highest BCUT2D eigenvalue weighted by molar-refractivity contribution is 8.17. The second-order valence-corrected chi connectivity index (χ2v) is 9.84. The SMILES string of the molecule is CCSC(SCC)[C@@H]1OC(C)(C)O[C@H]1[C@H](O)[C@H]1COC(C)(C)O1. The second kappa shape index (κ2) is 7.81. The number of hydrogen-bond acceptors (Lipinski definition) is 7. The average Bonchev–Trinajstić information content (AvgIpc) is 2.97. The summed E-state index contributed by atoms with van der Waals surface area (Å²) in [6.45, 7) is 12.1. The van der Waals surface area contributed by atoms with Crippen LogP contribution in [0.5, 0.6) is 0 Å². The lowest BCUT2D eigenvalue weighted by Gasteiger charge is -2.30. The molecule has 2 rings (SSSR count). The van der Waals surface area contributed by atoms with Crippen LogP contribution in [0.3, 0.4) is 0 Å². The summed E-state index contributed by atoms with van der Waals surface area (Å²) in [6, 6.07) is 0. The lowest BCUT2D eigenvalue weighted by atomic mass is 10.0. The maximum absolute atomic E-state index is 10.8. The Kier molecular flexibility index (Phi) is 6.73. The first-order chi connectivity index (χ1) is 10.7. The van der Waals surface area contributed by atoms with Crippen LogP contribution in [0.1, 0.15) is 41.5 Å². The fourth-order valence-electron chi connectivity index (χ4n) is 2.95. The lowest BCUT2D eigenvalue weighted by Crippen LogP contribution is -2.47. The molecule has 0 aliphatic carbocycles. The fraction of sp³-hybridized carbons (Fsp3) is 1.00. The van der Waals surface area contributed by atoms with E-state index in [0.717, 1.165) is 11.5 Å². The van der Waals surface area contributed by atoms with Crippen LogP contribution in [-0.4, -0.2) is 63.8 Å². The van der Waals surface area contributed by atoms with Crippen LogP contribution in [0.25, 0.3) is 0 Å². The topological polar surface area (TPSA) is 57.2 Å². The molecule has 1 N–H and O–H groups in total. The van der Waals surface area contributed by atoms with Crippen molar-refractivity contribution in [3.63, 3.8) is 0 Å². The smallest absolute Gasteiger partial charge is 0.163 e. The Morgan fingerprint density at radius 1 is 0.957 bits per heavy atom. The number of thioether (sulfide) groups is 2. The molecule has 4 atom stereocenters. The first-order valence-electron chi connectivity index (χ1n) is 8.28. The zero-order chi connectivity index (χ0) is 17.3. The maximum Gasteiger partial charge on any atom is 0.163 e. The third-order valence-electron chi connectivity index (χ3n) is 3.84. The standard InChI is InChI=1S/C16H30O5S2/c1-7-22-14(23-8-2)13-12(20-16(5,6)21-13)11(17)10-9-18-15(3,4)19-10/h10-14,17H,7-9H2,1-6H3/t10-,11-,12+,13-/m1/s1. The van der Waals surface area contributed by atoms with E-state index >= 15 is 0 Å². The summed E-state index contributed by atoms with van der Waals surface area (Å²) in [7, 11) is 0. The van der Waals surface area contributed by atoms with Crippen LogP contribution in [0, 0.1) is 0 Å². The molecular formula is C16H30O5S2. The quantitative estimate of drug-likeness (QED) is 0.695. The van der Waals surface area contributed by atoms with E-state index in [2.05, 4.69) is 13.8 Å². The highest BCUT2D eigenvalue weighted by Gasteiger charge is 2.52. The highest BCUT2D eigenvalue weighted by atomic mass is 32.2. The Labute approximate surface area is 148 Å². The number of hydrogen-bond donors (Lipinski definition) is 1. The fourth-order valence-corrected chi connectivity index (χ4v) is 5.61. The normalized spacial score (nSPS) is 34.2. The maximum atomic E-state index is 10.8. The van der Waals surface area contributed by atoms with Crippen molar-refractivity contribution in [2.24, 2.45) is 0 Å². The molecule has 5 nitrogen and oxygen atoms in total. The molecule has 136 valence electrons. The van der Waals surface area contributed by atoms with Crippen molar-refractivity contribution < 1.29 is 24.1 Å². The molecule has 2 aliphatic heterocycles. The minimum absolute atomic E-state index is 0.179. The first-order valence-corrected chi connectivity index (χ1v) is 10.4. The van der Waals surface area contributed by atoms with Gasteiger partial charge >= 0.3 is 0 Å². The average molecular weight is 367 g/mol. The molecule has 23 heavy (non-hydrogen) atoms. The molecular weight excluding hydrogens is 336 g/mol. The minimum Gasteiger partial charge on any atom is -0.387 e. The molecule has 0 radical (unpaired) electrons. The van der Waals surface area contributed by atoms with Crippen molar-refractivity contribution in [3.8, 4) is 0 Å². The Balaban J connectivity index is 2.12. The monoisotopic (exact) mass is 366 g/mol. The summed E-state index contributed by atoms with van der Waals surface area (Å²) in [4.78, 5) is 0. The third kappa shape index (κ3) is 5.00. The van der Waals surface area contributed by atoms with E-state index in [1.165, 1.54) is 0 Å². The summed E-state index contributed by atoms with van der Waals surface area (Å²) in [6.07, 6.45) is -1.77. The van der Waals surface area contributed by atoms with Crippen LogP contribution < -0.4 is 0 Å². The molecule has 0 aromatic heterocycles. The molecule has 7 heteroatoms. The molecule has 0 unspecified atom stereocenters. The molecule has 0 aromatic rings. The molecule has 0 spiro atoms. The van der Waals surface area contributed by atoms with Gasteiger partial charge in [-0.25, -0.2) is 0 Å². The Hall–Kier alpha value is 0.500. The summed E-state index contributed by atoms with van der Waals surface area (Å²) < 4.78 is 23.8.